The van der Waals surface area contributed by atoms with E-state index in [2.05, 4.69) is 37.9 Å². The molecule has 0 aliphatic carbocycles. The Hall–Kier alpha value is -0.120. The van der Waals surface area contributed by atoms with E-state index in [1.165, 1.54) is 32.4 Å². The van der Waals surface area contributed by atoms with Gasteiger partial charge in [0.15, 0.2) is 0 Å². The second-order valence-electron chi connectivity index (χ2n) is 5.46. The van der Waals surface area contributed by atoms with Crippen molar-refractivity contribution in [1.29, 1.82) is 0 Å². The topological polar surface area (TPSA) is 24.5 Å². The minimum absolute atomic E-state index is 0.328. The van der Waals surface area contributed by atoms with Crippen LogP contribution in [-0.2, 0) is 4.74 Å². The number of rotatable bonds is 6. The molecule has 1 heterocycles. The first kappa shape index (κ1) is 14.9. The van der Waals surface area contributed by atoms with Gasteiger partial charge < -0.3 is 10.1 Å². The lowest BCUT2D eigenvalue weighted by atomic mass is 9.92. The molecule has 0 unspecified atom stereocenters. The summed E-state index contributed by atoms with van der Waals surface area (Å²) < 4.78 is 5.66. The molecule has 0 amide bonds. The van der Waals surface area contributed by atoms with Gasteiger partial charge in [-0.1, -0.05) is 13.8 Å². The minimum Gasteiger partial charge on any atom is -0.377 e. The van der Waals surface area contributed by atoms with Crippen molar-refractivity contribution in [2.24, 2.45) is 0 Å². The Balaban J connectivity index is 2.42. The van der Waals surface area contributed by atoms with E-state index < -0.39 is 0 Å². The first-order chi connectivity index (χ1) is 8.12. The van der Waals surface area contributed by atoms with Crippen molar-refractivity contribution < 1.29 is 4.74 Å². The van der Waals surface area contributed by atoms with Crippen LogP contribution >= 0.6 is 0 Å². The van der Waals surface area contributed by atoms with E-state index in [4.69, 9.17) is 4.74 Å². The van der Waals surface area contributed by atoms with Crippen LogP contribution in [0.5, 0.6) is 0 Å². The summed E-state index contributed by atoms with van der Waals surface area (Å²) in [6, 6.07) is 0. The van der Waals surface area contributed by atoms with Crippen LogP contribution in [0, 0.1) is 0 Å². The quantitative estimate of drug-likeness (QED) is 0.773. The van der Waals surface area contributed by atoms with Gasteiger partial charge in [-0.25, -0.2) is 0 Å². The van der Waals surface area contributed by atoms with Gasteiger partial charge in [0.1, 0.15) is 0 Å². The first-order valence-electron chi connectivity index (χ1n) is 7.21. The van der Waals surface area contributed by atoms with Crippen molar-refractivity contribution in [1.82, 2.24) is 10.2 Å². The van der Waals surface area contributed by atoms with Crippen LogP contribution in [0.25, 0.3) is 0 Å². The minimum atomic E-state index is 0.328. The molecule has 0 aromatic carbocycles. The zero-order valence-electron chi connectivity index (χ0n) is 12.1. The molecule has 1 aliphatic rings. The van der Waals surface area contributed by atoms with Crippen LogP contribution in [0.2, 0.25) is 0 Å². The fraction of sp³-hybridized carbons (Fsp3) is 1.00. The number of nitrogens with zero attached hydrogens (tertiary/aromatic N) is 1. The van der Waals surface area contributed by atoms with E-state index in [1.54, 1.807) is 0 Å². The summed E-state index contributed by atoms with van der Waals surface area (Å²) in [6.07, 6.45) is 4.03. The largest absolute Gasteiger partial charge is 0.377 e. The fourth-order valence-electron chi connectivity index (χ4n) is 2.55. The van der Waals surface area contributed by atoms with E-state index >= 15 is 0 Å². The van der Waals surface area contributed by atoms with Crippen molar-refractivity contribution in [2.75, 3.05) is 32.8 Å². The molecule has 1 fully saturated rings. The maximum absolute atomic E-state index is 5.66. The van der Waals surface area contributed by atoms with Gasteiger partial charge in [0.25, 0.3) is 0 Å². The van der Waals surface area contributed by atoms with Crippen molar-refractivity contribution in [3.63, 3.8) is 0 Å². The number of hydrogen-bond acceptors (Lipinski definition) is 3. The Bertz CT molecular complexity index is 202. The van der Waals surface area contributed by atoms with Crippen molar-refractivity contribution in [2.45, 2.75) is 58.6 Å². The molecule has 0 aromatic rings. The van der Waals surface area contributed by atoms with Crippen molar-refractivity contribution in [3.8, 4) is 0 Å². The van der Waals surface area contributed by atoms with Crippen molar-refractivity contribution >= 4 is 0 Å². The highest BCUT2D eigenvalue weighted by molar-refractivity contribution is 4.91. The highest BCUT2D eigenvalue weighted by Gasteiger charge is 2.29. The third-order valence-electron chi connectivity index (χ3n) is 3.89. The van der Waals surface area contributed by atoms with Crippen LogP contribution in [0.3, 0.4) is 0 Å². The molecule has 0 atom stereocenters. The molecule has 3 nitrogen and oxygen atoms in total. The summed E-state index contributed by atoms with van der Waals surface area (Å²) in [5.41, 5.74) is 0.328. The molecule has 0 saturated carbocycles. The van der Waals surface area contributed by atoms with Gasteiger partial charge in [-0.2, -0.15) is 0 Å². The lowest BCUT2D eigenvalue weighted by Gasteiger charge is -2.35. The third kappa shape index (κ3) is 4.94. The molecule has 1 saturated heterocycles. The van der Waals surface area contributed by atoms with Gasteiger partial charge in [-0.15, -0.1) is 0 Å². The molecule has 17 heavy (non-hydrogen) atoms. The molecule has 0 aromatic heterocycles. The van der Waals surface area contributed by atoms with E-state index in [9.17, 15) is 0 Å². The van der Waals surface area contributed by atoms with Crippen molar-refractivity contribution in [3.05, 3.63) is 0 Å². The van der Waals surface area contributed by atoms with Crippen LogP contribution < -0.4 is 5.32 Å². The highest BCUT2D eigenvalue weighted by Crippen LogP contribution is 2.19. The molecule has 0 bridgehead atoms. The molecule has 0 radical (unpaired) electrons. The normalized spacial score (nSPS) is 21.7. The average Bonchev–Trinajstić information content (AvgIpc) is 2.52. The number of ether oxygens (including phenoxy) is 1. The van der Waals surface area contributed by atoms with Gasteiger partial charge >= 0.3 is 0 Å². The van der Waals surface area contributed by atoms with Crippen LogP contribution in [0.1, 0.15) is 47.0 Å². The predicted octanol–water partition coefficient (Wildman–Crippen LogP) is 2.27. The molecular weight excluding hydrogens is 212 g/mol. The van der Waals surface area contributed by atoms with Gasteiger partial charge in [0, 0.05) is 18.6 Å². The maximum Gasteiger partial charge on any atom is 0.0596 e. The summed E-state index contributed by atoms with van der Waals surface area (Å²) in [4.78, 5) is 2.56. The number of nitrogens with one attached hydrogen (secondary N) is 1. The van der Waals surface area contributed by atoms with E-state index in [1.807, 2.05) is 0 Å². The summed E-state index contributed by atoms with van der Waals surface area (Å²) in [6.45, 7) is 14.3. The summed E-state index contributed by atoms with van der Waals surface area (Å²) in [5.74, 6) is 0. The van der Waals surface area contributed by atoms with Crippen LogP contribution in [0.4, 0.5) is 0 Å². The SMILES string of the molecule is CCC1(CC)CN(CCOC(C)C)CCCN1. The lowest BCUT2D eigenvalue weighted by molar-refractivity contribution is 0.0543. The number of hydrogen-bond donors (Lipinski definition) is 1. The van der Waals surface area contributed by atoms with E-state index in [-0.39, 0.29) is 0 Å². The first-order valence-corrected chi connectivity index (χ1v) is 7.21. The van der Waals surface area contributed by atoms with Crippen LogP contribution in [0.15, 0.2) is 0 Å². The Morgan fingerprint density at radius 3 is 2.59 bits per heavy atom. The Morgan fingerprint density at radius 2 is 2.00 bits per heavy atom. The summed E-state index contributed by atoms with van der Waals surface area (Å²) in [7, 11) is 0. The molecular formula is C14H30N2O. The predicted molar refractivity (Wildman–Crippen MR) is 73.5 cm³/mol. The van der Waals surface area contributed by atoms with Gasteiger partial charge in [-0.05, 0) is 46.2 Å². The van der Waals surface area contributed by atoms with Gasteiger partial charge in [-0.3, -0.25) is 4.90 Å². The maximum atomic E-state index is 5.66. The van der Waals surface area contributed by atoms with E-state index in [0.29, 0.717) is 11.6 Å². The standard InChI is InChI=1S/C14H30N2O/c1-5-14(6-2)12-16(9-7-8-15-14)10-11-17-13(3)4/h13,15H,5-12H2,1-4H3. The Morgan fingerprint density at radius 1 is 1.29 bits per heavy atom. The van der Waals surface area contributed by atoms with Crippen LogP contribution in [-0.4, -0.2) is 49.3 Å². The Kier molecular flexibility index (Phi) is 6.45. The highest BCUT2D eigenvalue weighted by atomic mass is 16.5. The fourth-order valence-corrected chi connectivity index (χ4v) is 2.55. The lowest BCUT2D eigenvalue weighted by Crippen LogP contribution is -2.51. The second kappa shape index (κ2) is 7.34. The zero-order chi connectivity index (χ0) is 12.7. The second-order valence-corrected chi connectivity index (χ2v) is 5.46. The summed E-state index contributed by atoms with van der Waals surface area (Å²) >= 11 is 0. The molecule has 0 spiro atoms. The molecule has 1 N–H and O–H groups in total. The van der Waals surface area contributed by atoms with E-state index in [0.717, 1.165) is 19.7 Å². The zero-order valence-corrected chi connectivity index (χ0v) is 12.1. The molecule has 102 valence electrons. The molecule has 1 rings (SSSR count). The smallest absolute Gasteiger partial charge is 0.0596 e. The average molecular weight is 242 g/mol. The van der Waals surface area contributed by atoms with Gasteiger partial charge in [0.05, 0.1) is 12.7 Å². The molecule has 3 heteroatoms. The monoisotopic (exact) mass is 242 g/mol. The Labute approximate surface area is 107 Å². The third-order valence-corrected chi connectivity index (χ3v) is 3.89. The molecule has 1 aliphatic heterocycles. The van der Waals surface area contributed by atoms with Gasteiger partial charge in [0.2, 0.25) is 0 Å². The summed E-state index contributed by atoms with van der Waals surface area (Å²) in [5, 5.41) is 3.74.